The van der Waals surface area contributed by atoms with E-state index < -0.39 is 0 Å². The fourth-order valence-electron chi connectivity index (χ4n) is 0.812. The third-order valence-electron chi connectivity index (χ3n) is 1.68. The van der Waals surface area contributed by atoms with Crippen molar-refractivity contribution in [2.45, 2.75) is 13.0 Å². The quantitative estimate of drug-likeness (QED) is 0.624. The molecule has 1 aromatic rings. The average Bonchev–Trinajstić information content (AvgIpc) is 2.49. The van der Waals surface area contributed by atoms with E-state index in [1.807, 2.05) is 0 Å². The number of rotatable bonds is 3. The van der Waals surface area contributed by atoms with Gasteiger partial charge in [0.2, 0.25) is 5.78 Å². The molecule has 5 heteroatoms. The Hall–Kier alpha value is -1.23. The van der Waals surface area contributed by atoms with Gasteiger partial charge in [-0.15, -0.1) is 0 Å². The van der Waals surface area contributed by atoms with E-state index in [0.717, 1.165) is 0 Å². The van der Waals surface area contributed by atoms with Crippen LogP contribution >= 0.6 is 0 Å². The Morgan fingerprint density at radius 2 is 2.42 bits per heavy atom. The van der Waals surface area contributed by atoms with E-state index in [4.69, 9.17) is 0 Å². The number of hydrogen-bond donors (Lipinski definition) is 1. The minimum Gasteiger partial charge on any atom is -0.310 e. The normalized spacial score (nSPS) is 12.9. The van der Waals surface area contributed by atoms with E-state index in [-0.39, 0.29) is 11.8 Å². The smallest absolute Gasteiger partial charge is 0.201 e. The SMILES string of the molecule is CNC(C)C(=O)c1cnn(C)n1. The van der Waals surface area contributed by atoms with Gasteiger partial charge in [-0.05, 0) is 14.0 Å². The molecule has 5 nitrogen and oxygen atoms in total. The van der Waals surface area contributed by atoms with E-state index in [1.54, 1.807) is 21.0 Å². The number of aryl methyl sites for hydroxylation is 1. The van der Waals surface area contributed by atoms with Crippen molar-refractivity contribution in [3.63, 3.8) is 0 Å². The summed E-state index contributed by atoms with van der Waals surface area (Å²) in [6.45, 7) is 1.79. The van der Waals surface area contributed by atoms with Crippen LogP contribution < -0.4 is 5.32 Å². The van der Waals surface area contributed by atoms with Crippen molar-refractivity contribution in [2.24, 2.45) is 7.05 Å². The highest BCUT2D eigenvalue weighted by molar-refractivity contribution is 5.97. The third-order valence-corrected chi connectivity index (χ3v) is 1.68. The molecule has 0 aliphatic carbocycles. The molecule has 12 heavy (non-hydrogen) atoms. The number of nitrogens with zero attached hydrogens (tertiary/aromatic N) is 3. The molecule has 0 saturated carbocycles. The Morgan fingerprint density at radius 1 is 1.75 bits per heavy atom. The van der Waals surface area contributed by atoms with Gasteiger partial charge in [0.25, 0.3) is 0 Å². The maximum Gasteiger partial charge on any atom is 0.201 e. The maximum atomic E-state index is 11.4. The number of aromatic nitrogens is 3. The summed E-state index contributed by atoms with van der Waals surface area (Å²) in [5.41, 5.74) is 0.402. The zero-order valence-electron chi connectivity index (χ0n) is 7.40. The van der Waals surface area contributed by atoms with Gasteiger partial charge in [0.15, 0.2) is 0 Å². The van der Waals surface area contributed by atoms with Gasteiger partial charge >= 0.3 is 0 Å². The Labute approximate surface area is 70.8 Å². The van der Waals surface area contributed by atoms with Crippen LogP contribution in [0.3, 0.4) is 0 Å². The Kier molecular flexibility index (Phi) is 2.54. The molecule has 1 N–H and O–H groups in total. The first-order valence-corrected chi connectivity index (χ1v) is 3.73. The fraction of sp³-hybridized carbons (Fsp3) is 0.571. The summed E-state index contributed by atoms with van der Waals surface area (Å²) < 4.78 is 0. The van der Waals surface area contributed by atoms with Crippen LogP contribution in [0.2, 0.25) is 0 Å². The number of carbonyl (C=O) groups is 1. The van der Waals surface area contributed by atoms with E-state index in [0.29, 0.717) is 5.69 Å². The molecule has 1 rings (SSSR count). The first kappa shape index (κ1) is 8.86. The molecule has 0 aliphatic rings. The molecule has 1 atom stereocenters. The number of likely N-dealkylation sites (N-methyl/N-ethyl adjacent to an activating group) is 1. The maximum absolute atomic E-state index is 11.4. The molecule has 0 spiro atoms. The summed E-state index contributed by atoms with van der Waals surface area (Å²) in [4.78, 5) is 12.8. The molecule has 1 unspecified atom stereocenters. The van der Waals surface area contributed by atoms with Crippen molar-refractivity contribution in [3.8, 4) is 0 Å². The molecular weight excluding hydrogens is 156 g/mol. The van der Waals surface area contributed by atoms with Crippen LogP contribution in [0.1, 0.15) is 17.4 Å². The molecule has 66 valence electrons. The van der Waals surface area contributed by atoms with Crippen molar-refractivity contribution in [3.05, 3.63) is 11.9 Å². The van der Waals surface area contributed by atoms with Crippen LogP contribution in [-0.4, -0.2) is 33.9 Å². The predicted octanol–water partition coefficient (Wildman–Crippen LogP) is -0.394. The molecule has 1 aromatic heterocycles. The van der Waals surface area contributed by atoms with Crippen LogP contribution in [0.15, 0.2) is 6.20 Å². The lowest BCUT2D eigenvalue weighted by Crippen LogP contribution is -2.31. The topological polar surface area (TPSA) is 59.8 Å². The monoisotopic (exact) mass is 168 g/mol. The van der Waals surface area contributed by atoms with Crippen molar-refractivity contribution < 1.29 is 4.79 Å². The molecule has 0 bridgehead atoms. The van der Waals surface area contributed by atoms with E-state index in [9.17, 15) is 4.79 Å². The Bertz CT molecular complexity index is 281. The van der Waals surface area contributed by atoms with Gasteiger partial charge in [0.1, 0.15) is 5.69 Å². The summed E-state index contributed by atoms with van der Waals surface area (Å²) in [6.07, 6.45) is 1.47. The lowest BCUT2D eigenvalue weighted by Gasteiger charge is -2.04. The van der Waals surface area contributed by atoms with Crippen LogP contribution in [0.5, 0.6) is 0 Å². The van der Waals surface area contributed by atoms with Crippen molar-refractivity contribution in [1.29, 1.82) is 0 Å². The van der Waals surface area contributed by atoms with E-state index in [1.165, 1.54) is 11.0 Å². The van der Waals surface area contributed by atoms with Gasteiger partial charge < -0.3 is 5.32 Å². The molecule has 0 saturated heterocycles. The minimum absolute atomic E-state index is 0.0365. The summed E-state index contributed by atoms with van der Waals surface area (Å²) in [5.74, 6) is -0.0365. The molecule has 0 radical (unpaired) electrons. The summed E-state index contributed by atoms with van der Waals surface area (Å²) >= 11 is 0. The van der Waals surface area contributed by atoms with Gasteiger partial charge in [-0.1, -0.05) is 0 Å². The van der Waals surface area contributed by atoms with Crippen molar-refractivity contribution in [1.82, 2.24) is 20.3 Å². The zero-order chi connectivity index (χ0) is 9.14. The molecular formula is C7H12N4O. The van der Waals surface area contributed by atoms with Crippen LogP contribution in [-0.2, 0) is 7.05 Å². The number of Topliss-reactive ketones (excluding diaryl/α,β-unsaturated/α-hetero) is 1. The van der Waals surface area contributed by atoms with Crippen molar-refractivity contribution >= 4 is 5.78 Å². The first-order valence-electron chi connectivity index (χ1n) is 3.73. The number of carbonyl (C=O) groups excluding carboxylic acids is 1. The first-order chi connectivity index (χ1) is 5.65. The van der Waals surface area contributed by atoms with Crippen LogP contribution in [0, 0.1) is 0 Å². The zero-order valence-corrected chi connectivity index (χ0v) is 7.40. The number of nitrogens with one attached hydrogen (secondary N) is 1. The highest BCUT2D eigenvalue weighted by Crippen LogP contribution is 1.96. The Balaban J connectivity index is 2.78. The molecule has 1 heterocycles. The highest BCUT2D eigenvalue weighted by Gasteiger charge is 2.15. The lowest BCUT2D eigenvalue weighted by molar-refractivity contribution is 0.0949. The fourth-order valence-corrected chi connectivity index (χ4v) is 0.812. The Morgan fingerprint density at radius 3 is 2.83 bits per heavy atom. The van der Waals surface area contributed by atoms with Gasteiger partial charge in [-0.2, -0.15) is 15.0 Å². The standard InChI is InChI=1S/C7H12N4O/c1-5(8-2)7(12)6-4-9-11(3)10-6/h4-5,8H,1-3H3. The molecule has 0 aliphatic heterocycles. The van der Waals surface area contributed by atoms with Gasteiger partial charge in [0, 0.05) is 7.05 Å². The number of ketones is 1. The van der Waals surface area contributed by atoms with Crippen molar-refractivity contribution in [2.75, 3.05) is 7.05 Å². The van der Waals surface area contributed by atoms with E-state index >= 15 is 0 Å². The highest BCUT2D eigenvalue weighted by atomic mass is 16.1. The lowest BCUT2D eigenvalue weighted by atomic mass is 10.2. The predicted molar refractivity (Wildman–Crippen MR) is 43.9 cm³/mol. The summed E-state index contributed by atoms with van der Waals surface area (Å²) in [6, 6.07) is -0.207. The van der Waals surface area contributed by atoms with Gasteiger partial charge in [0.05, 0.1) is 12.2 Å². The third kappa shape index (κ3) is 1.68. The molecule has 0 amide bonds. The van der Waals surface area contributed by atoms with Crippen LogP contribution in [0.4, 0.5) is 0 Å². The van der Waals surface area contributed by atoms with Crippen LogP contribution in [0.25, 0.3) is 0 Å². The largest absolute Gasteiger partial charge is 0.310 e. The average molecular weight is 168 g/mol. The number of hydrogen-bond acceptors (Lipinski definition) is 4. The summed E-state index contributed by atoms with van der Waals surface area (Å²) in [7, 11) is 3.42. The second-order valence-electron chi connectivity index (χ2n) is 2.59. The second kappa shape index (κ2) is 3.44. The van der Waals surface area contributed by atoms with E-state index in [2.05, 4.69) is 15.5 Å². The molecule has 0 aromatic carbocycles. The molecule has 0 fully saturated rings. The second-order valence-corrected chi connectivity index (χ2v) is 2.59. The van der Waals surface area contributed by atoms with Gasteiger partial charge in [-0.25, -0.2) is 0 Å². The minimum atomic E-state index is -0.207. The van der Waals surface area contributed by atoms with Gasteiger partial charge in [-0.3, -0.25) is 4.79 Å². The summed E-state index contributed by atoms with van der Waals surface area (Å²) in [5, 5.41) is 10.6.